The van der Waals surface area contributed by atoms with Crippen molar-refractivity contribution < 1.29 is 23.4 Å². The van der Waals surface area contributed by atoms with E-state index in [9.17, 15) is 13.6 Å². The lowest BCUT2D eigenvalue weighted by molar-refractivity contribution is -0.143. The van der Waals surface area contributed by atoms with Gasteiger partial charge in [0.05, 0.1) is 13.5 Å². The summed E-state index contributed by atoms with van der Waals surface area (Å²) in [7, 11) is 1.12. The van der Waals surface area contributed by atoms with Gasteiger partial charge in [0.1, 0.15) is 6.61 Å². The molecule has 0 aromatic rings. The lowest BCUT2D eigenvalue weighted by atomic mass is 10.2. The van der Waals surface area contributed by atoms with Crippen molar-refractivity contribution >= 4 is 5.97 Å². The molecule has 0 atom stereocenters. The van der Waals surface area contributed by atoms with Gasteiger partial charge in [-0.1, -0.05) is 0 Å². The topological polar surface area (TPSA) is 46.5 Å². The fourth-order valence-corrected chi connectivity index (χ4v) is 0.466. The summed E-state index contributed by atoms with van der Waals surface area (Å²) >= 11 is 0. The molecule has 0 aromatic heterocycles. The van der Waals surface area contributed by atoms with E-state index in [1.807, 2.05) is 0 Å². The van der Waals surface area contributed by atoms with Crippen LogP contribution in [0.1, 0.15) is 12.8 Å². The molecule has 0 aliphatic carbocycles. The van der Waals surface area contributed by atoms with E-state index in [1.54, 1.807) is 0 Å². The van der Waals surface area contributed by atoms with Crippen LogP contribution in [0.2, 0.25) is 0 Å². The van der Waals surface area contributed by atoms with Crippen LogP contribution in [0.25, 0.3) is 0 Å². The number of hydrogen-bond acceptors (Lipinski definition) is 3. The maximum Gasteiger partial charge on any atom is 0.305 e. The summed E-state index contributed by atoms with van der Waals surface area (Å²) in [4.78, 5) is 10.3. The van der Waals surface area contributed by atoms with Crippen LogP contribution < -0.4 is 0 Å². The van der Waals surface area contributed by atoms with Crippen molar-refractivity contribution in [1.82, 2.24) is 0 Å². The minimum absolute atomic E-state index is 0.371. The Bertz CT molecular complexity index is 136. The Hall–Kier alpha value is -0.710. The van der Waals surface area contributed by atoms with E-state index in [0.717, 1.165) is 7.11 Å². The predicted molar refractivity (Wildman–Crippen MR) is 33.3 cm³/mol. The fraction of sp³-hybridized carbons (Fsp3) is 0.833. The number of methoxy groups -OCH3 is 1. The second-order valence-electron chi connectivity index (χ2n) is 2.09. The summed E-state index contributed by atoms with van der Waals surface area (Å²) in [5, 5.41) is 8.08. The molecule has 11 heavy (non-hydrogen) atoms. The summed E-state index contributed by atoms with van der Waals surface area (Å²) in [5.41, 5.74) is 0. The average Bonchev–Trinajstić information content (AvgIpc) is 2.00. The van der Waals surface area contributed by atoms with Crippen LogP contribution in [-0.4, -0.2) is 30.7 Å². The minimum Gasteiger partial charge on any atom is -0.469 e. The van der Waals surface area contributed by atoms with Crippen molar-refractivity contribution in [3.8, 4) is 0 Å². The van der Waals surface area contributed by atoms with Crippen molar-refractivity contribution in [2.45, 2.75) is 18.8 Å². The molecule has 0 bridgehead atoms. The number of hydrogen-bond donors (Lipinski definition) is 1. The monoisotopic (exact) mass is 168 g/mol. The van der Waals surface area contributed by atoms with Gasteiger partial charge in [-0.2, -0.15) is 0 Å². The zero-order chi connectivity index (χ0) is 8.91. The van der Waals surface area contributed by atoms with Gasteiger partial charge in [0, 0.05) is 6.42 Å². The van der Waals surface area contributed by atoms with E-state index in [1.165, 1.54) is 0 Å². The quantitative estimate of drug-likeness (QED) is 0.624. The highest BCUT2D eigenvalue weighted by atomic mass is 19.3. The summed E-state index contributed by atoms with van der Waals surface area (Å²) in [6, 6.07) is 0. The highest BCUT2D eigenvalue weighted by Crippen LogP contribution is 2.18. The molecule has 0 aliphatic heterocycles. The molecule has 0 fully saturated rings. The third-order valence-corrected chi connectivity index (χ3v) is 1.15. The van der Waals surface area contributed by atoms with Crippen molar-refractivity contribution in [2.24, 2.45) is 0 Å². The average molecular weight is 168 g/mol. The number of aliphatic hydroxyl groups excluding tert-OH is 1. The van der Waals surface area contributed by atoms with E-state index >= 15 is 0 Å². The predicted octanol–water partition coefficient (Wildman–Crippen LogP) is 0.567. The SMILES string of the molecule is COC(=O)CCC(F)(F)CO. The Labute approximate surface area is 63.0 Å². The summed E-state index contributed by atoms with van der Waals surface area (Å²) in [5.74, 6) is -3.87. The summed E-state index contributed by atoms with van der Waals surface area (Å²) < 4.78 is 28.5. The van der Waals surface area contributed by atoms with Crippen molar-refractivity contribution in [3.05, 3.63) is 0 Å². The molecule has 5 heteroatoms. The van der Waals surface area contributed by atoms with Crippen LogP contribution in [0.4, 0.5) is 8.78 Å². The van der Waals surface area contributed by atoms with E-state index in [2.05, 4.69) is 4.74 Å². The normalized spacial score (nSPS) is 11.3. The first-order valence-corrected chi connectivity index (χ1v) is 3.07. The second-order valence-corrected chi connectivity index (χ2v) is 2.09. The first-order chi connectivity index (χ1) is 5.02. The zero-order valence-electron chi connectivity index (χ0n) is 6.14. The number of rotatable bonds is 4. The molecule has 0 heterocycles. The molecule has 0 aromatic carbocycles. The van der Waals surface area contributed by atoms with Gasteiger partial charge < -0.3 is 9.84 Å². The van der Waals surface area contributed by atoms with Crippen LogP contribution in [0.5, 0.6) is 0 Å². The number of carbonyl (C=O) groups excluding carboxylic acids is 1. The molecule has 1 N–H and O–H groups in total. The Morgan fingerprint density at radius 2 is 2.18 bits per heavy atom. The molecular formula is C6H10F2O3. The zero-order valence-corrected chi connectivity index (χ0v) is 6.14. The first kappa shape index (κ1) is 10.3. The lowest BCUT2D eigenvalue weighted by Gasteiger charge is -2.10. The Morgan fingerprint density at radius 1 is 1.64 bits per heavy atom. The Kier molecular flexibility index (Phi) is 3.95. The fourth-order valence-electron chi connectivity index (χ4n) is 0.466. The molecule has 0 radical (unpaired) electrons. The molecule has 3 nitrogen and oxygen atoms in total. The van der Waals surface area contributed by atoms with Crippen LogP contribution in [0, 0.1) is 0 Å². The number of carbonyl (C=O) groups is 1. The number of esters is 1. The van der Waals surface area contributed by atoms with Gasteiger partial charge in [0.15, 0.2) is 0 Å². The number of alkyl halides is 2. The summed E-state index contributed by atoms with van der Waals surface area (Å²) in [6.07, 6.45) is -1.04. The Balaban J connectivity index is 3.61. The number of halogens is 2. The highest BCUT2D eigenvalue weighted by Gasteiger charge is 2.28. The third-order valence-electron chi connectivity index (χ3n) is 1.15. The first-order valence-electron chi connectivity index (χ1n) is 3.07. The molecule has 0 spiro atoms. The van der Waals surface area contributed by atoms with E-state index in [0.29, 0.717) is 0 Å². The van der Waals surface area contributed by atoms with Gasteiger partial charge in [0.25, 0.3) is 5.92 Å². The summed E-state index contributed by atoms with van der Waals surface area (Å²) in [6.45, 7) is -1.23. The van der Waals surface area contributed by atoms with E-state index < -0.39 is 24.9 Å². The van der Waals surface area contributed by atoms with Gasteiger partial charge in [-0.05, 0) is 0 Å². The van der Waals surface area contributed by atoms with Gasteiger partial charge in [-0.25, -0.2) is 8.78 Å². The van der Waals surface area contributed by atoms with Gasteiger partial charge in [0.2, 0.25) is 0 Å². The highest BCUT2D eigenvalue weighted by molar-refractivity contribution is 5.69. The van der Waals surface area contributed by atoms with Gasteiger partial charge in [-0.15, -0.1) is 0 Å². The molecule has 0 saturated carbocycles. The lowest BCUT2D eigenvalue weighted by Crippen LogP contribution is -2.22. The second kappa shape index (κ2) is 4.23. The van der Waals surface area contributed by atoms with Crippen LogP contribution in [0.15, 0.2) is 0 Å². The molecule has 0 amide bonds. The molecule has 0 aliphatic rings. The van der Waals surface area contributed by atoms with Gasteiger partial charge in [-0.3, -0.25) is 4.79 Å². The smallest absolute Gasteiger partial charge is 0.305 e. The van der Waals surface area contributed by atoms with Crippen molar-refractivity contribution in [1.29, 1.82) is 0 Å². The molecule has 66 valence electrons. The van der Waals surface area contributed by atoms with Crippen molar-refractivity contribution in [3.63, 3.8) is 0 Å². The van der Waals surface area contributed by atoms with E-state index in [-0.39, 0.29) is 6.42 Å². The van der Waals surface area contributed by atoms with Gasteiger partial charge >= 0.3 is 5.97 Å². The number of ether oxygens (including phenoxy) is 1. The minimum atomic E-state index is -3.17. The molecular weight excluding hydrogens is 158 g/mol. The standard InChI is InChI=1S/C6H10F2O3/c1-11-5(10)2-3-6(7,8)4-9/h9H,2-4H2,1H3. The van der Waals surface area contributed by atoms with Crippen molar-refractivity contribution in [2.75, 3.05) is 13.7 Å². The maximum atomic E-state index is 12.2. The molecule has 0 saturated heterocycles. The molecule has 0 unspecified atom stereocenters. The Morgan fingerprint density at radius 3 is 2.55 bits per heavy atom. The van der Waals surface area contributed by atoms with Crippen LogP contribution in [0.3, 0.4) is 0 Å². The van der Waals surface area contributed by atoms with Crippen LogP contribution >= 0.6 is 0 Å². The van der Waals surface area contributed by atoms with Crippen LogP contribution in [-0.2, 0) is 9.53 Å². The largest absolute Gasteiger partial charge is 0.469 e. The molecule has 0 rings (SSSR count). The van der Waals surface area contributed by atoms with E-state index in [4.69, 9.17) is 5.11 Å². The third kappa shape index (κ3) is 4.66. The number of aliphatic hydroxyl groups is 1. The maximum absolute atomic E-state index is 12.2.